The predicted molar refractivity (Wildman–Crippen MR) is 125 cm³/mol. The van der Waals surface area contributed by atoms with Gasteiger partial charge in [0.05, 0.1) is 33.3 Å². The van der Waals surface area contributed by atoms with Crippen LogP contribution in [0.1, 0.15) is 48.2 Å². The molecule has 6 nitrogen and oxygen atoms in total. The molecule has 3 rings (SSSR count). The Morgan fingerprint density at radius 2 is 2.00 bits per heavy atom. The first-order chi connectivity index (χ1) is 15.3. The number of amides is 1. The van der Waals surface area contributed by atoms with Crippen LogP contribution in [0.2, 0.25) is 0 Å². The summed E-state index contributed by atoms with van der Waals surface area (Å²) in [6.07, 6.45) is 2.76. The molecule has 0 radical (unpaired) electrons. The number of carbonyl (C=O) groups excluding carboxylic acids is 2. The average Bonchev–Trinajstić information content (AvgIpc) is 3.37. The van der Waals surface area contributed by atoms with E-state index in [2.05, 4.69) is 6.92 Å². The Hall–Kier alpha value is -2.64. The van der Waals surface area contributed by atoms with Crippen molar-refractivity contribution in [1.82, 2.24) is 4.90 Å². The van der Waals surface area contributed by atoms with E-state index in [0.717, 1.165) is 42.0 Å². The molecule has 2 heterocycles. The predicted octanol–water partition coefficient (Wildman–Crippen LogP) is 1.99. The number of aryl methyl sites for hydroxylation is 1. The first-order valence-electron chi connectivity index (χ1n) is 11.2. The molecule has 172 valence electrons. The Bertz CT molecular complexity index is 982. The van der Waals surface area contributed by atoms with Gasteiger partial charge in [-0.2, -0.15) is 0 Å². The molecule has 0 saturated carbocycles. The van der Waals surface area contributed by atoms with Crippen LogP contribution >= 0.6 is 11.3 Å². The summed E-state index contributed by atoms with van der Waals surface area (Å²) in [4.78, 5) is 29.5. The number of benzene rings is 1. The van der Waals surface area contributed by atoms with Crippen molar-refractivity contribution in [2.75, 3.05) is 33.8 Å². The molecule has 1 saturated heterocycles. The van der Waals surface area contributed by atoms with E-state index >= 15 is 0 Å². The van der Waals surface area contributed by atoms with Gasteiger partial charge < -0.3 is 19.6 Å². The van der Waals surface area contributed by atoms with Crippen LogP contribution in [0.5, 0.6) is 5.75 Å². The molecular formula is C25H32N2O4S. The van der Waals surface area contributed by atoms with Crippen molar-refractivity contribution in [2.45, 2.75) is 39.2 Å². The second-order valence-electron chi connectivity index (χ2n) is 8.48. The summed E-state index contributed by atoms with van der Waals surface area (Å²) in [5.74, 6) is -0.926. The van der Waals surface area contributed by atoms with Crippen LogP contribution in [0.25, 0.3) is 5.76 Å². The summed E-state index contributed by atoms with van der Waals surface area (Å²) in [5, 5.41) is 15.4. The highest BCUT2D eigenvalue weighted by Gasteiger charge is 2.44. The van der Waals surface area contributed by atoms with Gasteiger partial charge >= 0.3 is 0 Å². The smallest absolute Gasteiger partial charge is 0.295 e. The van der Waals surface area contributed by atoms with E-state index in [4.69, 9.17) is 4.74 Å². The van der Waals surface area contributed by atoms with E-state index in [1.165, 1.54) is 16.2 Å². The van der Waals surface area contributed by atoms with Crippen molar-refractivity contribution in [3.8, 4) is 5.75 Å². The molecular weight excluding hydrogens is 424 g/mol. The van der Waals surface area contributed by atoms with E-state index in [1.54, 1.807) is 23.1 Å². The number of nitrogens with zero attached hydrogens (tertiary/aromatic N) is 1. The fourth-order valence-corrected chi connectivity index (χ4v) is 4.73. The molecule has 1 amide bonds. The topological polar surface area (TPSA) is 74.1 Å². The van der Waals surface area contributed by atoms with Gasteiger partial charge in [0.15, 0.2) is 0 Å². The fraction of sp³-hybridized carbons (Fsp3) is 0.440. The van der Waals surface area contributed by atoms with Crippen LogP contribution in [0.3, 0.4) is 0 Å². The second-order valence-corrected chi connectivity index (χ2v) is 9.46. The maximum atomic E-state index is 13.5. The third kappa shape index (κ3) is 5.22. The Balaban J connectivity index is 1.96. The zero-order valence-electron chi connectivity index (χ0n) is 19.3. The first-order valence-corrected chi connectivity index (χ1v) is 12.1. The summed E-state index contributed by atoms with van der Waals surface area (Å²) in [6, 6.07) is 8.35. The zero-order valence-corrected chi connectivity index (χ0v) is 20.1. The van der Waals surface area contributed by atoms with E-state index in [-0.39, 0.29) is 11.3 Å². The molecule has 1 aliphatic heterocycles. The van der Waals surface area contributed by atoms with E-state index < -0.39 is 17.7 Å². The highest BCUT2D eigenvalue weighted by molar-refractivity contribution is 7.10. The molecule has 1 N–H and O–H groups in total. The number of carbonyl (C=O) groups is 2. The lowest BCUT2D eigenvalue weighted by Crippen LogP contribution is -3.05. The summed E-state index contributed by atoms with van der Waals surface area (Å²) < 4.78 is 5.79. The monoisotopic (exact) mass is 456 g/mol. The number of unbranched alkanes of at least 4 members (excludes halogenated alkanes) is 1. The van der Waals surface area contributed by atoms with E-state index in [0.29, 0.717) is 18.7 Å². The Kier molecular flexibility index (Phi) is 8.10. The number of hydrogen-bond donors (Lipinski definition) is 1. The molecule has 1 atom stereocenters. The number of hydrogen-bond acceptors (Lipinski definition) is 5. The number of nitrogens with one attached hydrogen (secondary N) is 1. The largest absolute Gasteiger partial charge is 0.872 e. The molecule has 1 aliphatic rings. The molecule has 32 heavy (non-hydrogen) atoms. The van der Waals surface area contributed by atoms with Crippen LogP contribution in [-0.4, -0.2) is 50.4 Å². The molecule has 1 aromatic heterocycles. The zero-order chi connectivity index (χ0) is 23.3. The molecule has 1 aromatic carbocycles. The molecule has 7 heteroatoms. The number of ketones is 1. The van der Waals surface area contributed by atoms with Gasteiger partial charge in [-0.1, -0.05) is 31.2 Å². The third-order valence-corrected chi connectivity index (χ3v) is 6.54. The quantitative estimate of drug-likeness (QED) is 0.257. The van der Waals surface area contributed by atoms with Gasteiger partial charge in [0, 0.05) is 23.4 Å². The van der Waals surface area contributed by atoms with Gasteiger partial charge in [0.25, 0.3) is 5.91 Å². The Labute approximate surface area is 194 Å². The van der Waals surface area contributed by atoms with Crippen molar-refractivity contribution in [1.29, 1.82) is 0 Å². The van der Waals surface area contributed by atoms with Crippen LogP contribution in [-0.2, 0) is 9.59 Å². The van der Waals surface area contributed by atoms with Crippen molar-refractivity contribution in [3.63, 3.8) is 0 Å². The molecule has 0 spiro atoms. The van der Waals surface area contributed by atoms with Crippen LogP contribution < -0.4 is 14.7 Å². The van der Waals surface area contributed by atoms with Gasteiger partial charge in [0.2, 0.25) is 5.78 Å². The lowest BCUT2D eigenvalue weighted by molar-refractivity contribution is -0.858. The van der Waals surface area contributed by atoms with E-state index in [1.807, 2.05) is 38.5 Å². The summed E-state index contributed by atoms with van der Waals surface area (Å²) >= 11 is 1.46. The summed E-state index contributed by atoms with van der Waals surface area (Å²) in [7, 11) is 4.10. The third-order valence-electron chi connectivity index (χ3n) is 5.61. The van der Waals surface area contributed by atoms with Crippen molar-refractivity contribution < 1.29 is 24.3 Å². The number of thiophene rings is 1. The van der Waals surface area contributed by atoms with Crippen molar-refractivity contribution >= 4 is 28.8 Å². The van der Waals surface area contributed by atoms with Crippen molar-refractivity contribution in [2.24, 2.45) is 0 Å². The number of likely N-dealkylation sites (tertiary alicyclic amines) is 1. The lowest BCUT2D eigenvalue weighted by Gasteiger charge is -2.26. The molecule has 1 unspecified atom stereocenters. The summed E-state index contributed by atoms with van der Waals surface area (Å²) in [5.41, 5.74) is 1.29. The first kappa shape index (κ1) is 24.0. The van der Waals surface area contributed by atoms with Gasteiger partial charge in [-0.05, 0) is 48.1 Å². The molecule has 1 fully saturated rings. The second kappa shape index (κ2) is 10.8. The molecule has 0 aliphatic carbocycles. The van der Waals surface area contributed by atoms with E-state index in [9.17, 15) is 14.7 Å². The maximum absolute atomic E-state index is 13.5. The number of Topliss-reactive ketones (excluding diaryl/α,β-unsaturated/α-hetero) is 1. The minimum Gasteiger partial charge on any atom is -0.872 e. The normalized spacial score (nSPS) is 18.0. The molecule has 2 aromatic rings. The minimum atomic E-state index is -0.688. The fourth-order valence-electron chi connectivity index (χ4n) is 3.88. The van der Waals surface area contributed by atoms with Crippen LogP contribution in [0.4, 0.5) is 0 Å². The number of ether oxygens (including phenoxy) is 1. The number of quaternary nitrogens is 1. The highest BCUT2D eigenvalue weighted by atomic mass is 32.1. The Morgan fingerprint density at radius 3 is 2.62 bits per heavy atom. The van der Waals surface area contributed by atoms with Gasteiger partial charge in [-0.25, -0.2) is 0 Å². The van der Waals surface area contributed by atoms with Gasteiger partial charge in [-0.3, -0.25) is 9.59 Å². The number of rotatable bonds is 10. The molecule has 0 bridgehead atoms. The summed E-state index contributed by atoms with van der Waals surface area (Å²) in [6.45, 7) is 5.93. The van der Waals surface area contributed by atoms with Gasteiger partial charge in [0.1, 0.15) is 5.75 Å². The highest BCUT2D eigenvalue weighted by Crippen LogP contribution is 2.40. The lowest BCUT2D eigenvalue weighted by atomic mass is 9.98. The standard InChI is InChI=1S/C25H32N2O4S/c1-5-6-14-31-19-11-10-18(16-17(19)2)23(28)21-22(20-9-7-15-32-20)27(25(30)24(21)29)13-8-12-26(3)4/h7,9-11,15-16,22,28H,5-6,8,12-14H2,1-4H3/b23-21+. The SMILES string of the molecule is CCCCOc1ccc(/C([O-])=C2\C(=O)C(=O)N(CCC[NH+](C)C)C2c2cccs2)cc1C. The maximum Gasteiger partial charge on any atom is 0.295 e. The Morgan fingerprint density at radius 1 is 1.22 bits per heavy atom. The van der Waals surface area contributed by atoms with Crippen molar-refractivity contribution in [3.05, 3.63) is 57.3 Å². The van der Waals surface area contributed by atoms with Crippen LogP contribution in [0, 0.1) is 6.92 Å². The van der Waals surface area contributed by atoms with Gasteiger partial charge in [-0.15, -0.1) is 11.3 Å². The van der Waals surface area contributed by atoms with Crippen LogP contribution in [0.15, 0.2) is 41.3 Å². The minimum absolute atomic E-state index is 0.0497. The average molecular weight is 457 g/mol.